The maximum absolute atomic E-state index is 11.6. The highest BCUT2D eigenvalue weighted by molar-refractivity contribution is 5.70. The van der Waals surface area contributed by atoms with E-state index in [2.05, 4.69) is 83.1 Å². The zero-order valence-corrected chi connectivity index (χ0v) is 29.1. The molecule has 3 fully saturated rings. The van der Waals surface area contributed by atoms with Crippen molar-refractivity contribution in [2.75, 3.05) is 11.9 Å². The number of nitrogens with zero attached hydrogens (tertiary/aromatic N) is 3. The summed E-state index contributed by atoms with van der Waals surface area (Å²) in [5, 5.41) is 28.0. The zero-order valence-electron chi connectivity index (χ0n) is 29.1. The normalized spacial score (nSPS) is 28.3. The highest BCUT2D eigenvalue weighted by Gasteiger charge is 2.39. The Hall–Kier alpha value is -3.33. The van der Waals surface area contributed by atoms with Crippen LogP contribution in [0.3, 0.4) is 0 Å². The van der Waals surface area contributed by atoms with E-state index in [9.17, 15) is 15.0 Å². The highest BCUT2D eigenvalue weighted by Crippen LogP contribution is 2.39. The van der Waals surface area contributed by atoms with Crippen LogP contribution in [-0.2, 0) is 24.2 Å². The van der Waals surface area contributed by atoms with Gasteiger partial charge in [0, 0.05) is 35.9 Å². The maximum atomic E-state index is 11.6. The minimum Gasteiger partial charge on any atom is -0.481 e. The first-order valence-corrected chi connectivity index (χ1v) is 19.1. The first kappa shape index (κ1) is 34.1. The molecule has 8 nitrogen and oxygen atoms in total. The van der Waals surface area contributed by atoms with Crippen LogP contribution in [0.2, 0.25) is 0 Å². The van der Waals surface area contributed by atoms with Gasteiger partial charge in [0.2, 0.25) is 0 Å². The fourth-order valence-corrected chi connectivity index (χ4v) is 9.55. The van der Waals surface area contributed by atoms with Crippen LogP contribution in [0.15, 0.2) is 60.7 Å². The van der Waals surface area contributed by atoms with Crippen molar-refractivity contribution >= 4 is 11.8 Å². The Morgan fingerprint density at radius 3 is 2.29 bits per heavy atom. The number of carboxylic acid groups (broad SMARTS) is 1. The number of aliphatic hydroxyl groups excluding tert-OH is 1. The smallest absolute Gasteiger partial charge is 0.306 e. The van der Waals surface area contributed by atoms with E-state index in [0.717, 1.165) is 95.2 Å². The maximum Gasteiger partial charge on any atom is 0.306 e. The molecule has 4 N–H and O–H groups in total. The highest BCUT2D eigenvalue weighted by atomic mass is 16.4. The molecule has 0 radical (unpaired) electrons. The number of piperidine rings is 2. The van der Waals surface area contributed by atoms with Crippen molar-refractivity contribution in [3.8, 4) is 0 Å². The van der Waals surface area contributed by atoms with Gasteiger partial charge in [-0.2, -0.15) is 0 Å². The number of carboxylic acids is 1. The lowest BCUT2D eigenvalue weighted by molar-refractivity contribution is -0.143. The lowest BCUT2D eigenvalue weighted by Crippen LogP contribution is -2.55. The van der Waals surface area contributed by atoms with Crippen molar-refractivity contribution in [3.63, 3.8) is 0 Å². The summed E-state index contributed by atoms with van der Waals surface area (Å²) in [4.78, 5) is 24.8. The molecule has 2 aliphatic carbocycles. The molecule has 1 aromatic heterocycles. The van der Waals surface area contributed by atoms with Gasteiger partial charge in [-0.3, -0.25) is 9.69 Å². The average Bonchev–Trinajstić information content (AvgIpc) is 3.12. The summed E-state index contributed by atoms with van der Waals surface area (Å²) in [6.45, 7) is 3.72. The first-order chi connectivity index (χ1) is 23.9. The Kier molecular flexibility index (Phi) is 10.9. The lowest BCUT2D eigenvalue weighted by atomic mass is 9.78. The van der Waals surface area contributed by atoms with Gasteiger partial charge in [-0.05, 0) is 100 Å². The third kappa shape index (κ3) is 8.03. The Morgan fingerprint density at radius 1 is 0.918 bits per heavy atom. The second-order valence-electron chi connectivity index (χ2n) is 15.3. The molecule has 2 saturated heterocycles. The second kappa shape index (κ2) is 15.7. The number of aliphatic carboxylic acids is 1. The van der Waals surface area contributed by atoms with Gasteiger partial charge in [-0.1, -0.05) is 74.0 Å². The number of anilines is 1. The third-order valence-electron chi connectivity index (χ3n) is 12.2. The summed E-state index contributed by atoms with van der Waals surface area (Å²) >= 11 is 0. The Morgan fingerprint density at radius 2 is 1.61 bits per heavy atom. The number of aryl methyl sites for hydroxylation is 1. The van der Waals surface area contributed by atoms with Gasteiger partial charge in [-0.25, -0.2) is 9.97 Å². The van der Waals surface area contributed by atoms with E-state index in [0.29, 0.717) is 36.5 Å². The van der Waals surface area contributed by atoms with Gasteiger partial charge in [0.1, 0.15) is 11.6 Å². The molecule has 8 heteroatoms. The van der Waals surface area contributed by atoms with E-state index < -0.39 is 5.97 Å². The minimum atomic E-state index is -0.647. The molecule has 49 heavy (non-hydrogen) atoms. The fraction of sp³-hybridized carbons (Fsp3) is 0.585. The molecule has 5 atom stereocenters. The number of aromatic nitrogens is 2. The molecule has 3 heterocycles. The lowest BCUT2D eigenvalue weighted by Gasteiger charge is -2.49. The van der Waals surface area contributed by atoms with E-state index in [1.54, 1.807) is 0 Å². The van der Waals surface area contributed by atoms with Gasteiger partial charge >= 0.3 is 5.97 Å². The van der Waals surface area contributed by atoms with Crippen LogP contribution in [0.5, 0.6) is 0 Å². The summed E-state index contributed by atoms with van der Waals surface area (Å²) < 4.78 is 0. The largest absolute Gasteiger partial charge is 0.481 e. The summed E-state index contributed by atoms with van der Waals surface area (Å²) in [6.07, 6.45) is 12.5. The summed E-state index contributed by atoms with van der Waals surface area (Å²) in [5.41, 5.74) is 5.06. The van der Waals surface area contributed by atoms with E-state index >= 15 is 0 Å². The number of hydrogen-bond acceptors (Lipinski definition) is 7. The van der Waals surface area contributed by atoms with Crippen molar-refractivity contribution in [3.05, 3.63) is 88.9 Å². The number of aliphatic hydroxyl groups is 1. The van der Waals surface area contributed by atoms with Gasteiger partial charge < -0.3 is 20.8 Å². The first-order valence-electron chi connectivity index (χ1n) is 19.1. The summed E-state index contributed by atoms with van der Waals surface area (Å²) in [6, 6.07) is 23.0. The molecule has 0 spiro atoms. The molecule has 2 bridgehead atoms. The Labute approximate surface area is 292 Å². The van der Waals surface area contributed by atoms with E-state index in [4.69, 9.17) is 9.97 Å². The van der Waals surface area contributed by atoms with Crippen LogP contribution in [0.25, 0.3) is 0 Å². The molecular formula is C41H55N5O3. The predicted octanol–water partition coefficient (Wildman–Crippen LogP) is 7.04. The van der Waals surface area contributed by atoms with Crippen LogP contribution < -0.4 is 10.6 Å². The summed E-state index contributed by atoms with van der Waals surface area (Å²) in [7, 11) is 0. The molecule has 1 saturated carbocycles. The van der Waals surface area contributed by atoms with E-state index in [1.165, 1.54) is 28.8 Å². The zero-order chi connectivity index (χ0) is 33.7. The standard InChI is InChI=1S/C41H55N5O3/c1-2-36(29-16-18-30(19-17-29)41(48)49)42-25-39-43-37-21-20-31(27-10-5-3-6-11-27)22-35(37)40(45-39)44-38(28-12-7-4-8-13-28)26-46-32-14-9-15-33(46)24-34(47)23-32/h3-8,10-13,29-34,36,38,42,47H,2,9,14-26H2,1H3,(H,48,49)(H,43,44,45)/t29?,30?,31-,32-,33-,36-,38+/m1/s1. The number of benzene rings is 2. The van der Waals surface area contributed by atoms with Crippen molar-refractivity contribution in [1.29, 1.82) is 0 Å². The van der Waals surface area contributed by atoms with Crippen LogP contribution >= 0.6 is 0 Å². The van der Waals surface area contributed by atoms with Gasteiger partial charge in [0.15, 0.2) is 0 Å². The number of carbonyl (C=O) groups is 1. The molecule has 2 aliphatic heterocycles. The van der Waals surface area contributed by atoms with Crippen molar-refractivity contribution < 1.29 is 15.0 Å². The third-order valence-corrected chi connectivity index (χ3v) is 12.2. The number of rotatable bonds is 12. The number of hydrogen-bond donors (Lipinski definition) is 4. The molecular weight excluding hydrogens is 610 g/mol. The molecule has 0 amide bonds. The van der Waals surface area contributed by atoms with E-state index in [-0.39, 0.29) is 18.1 Å². The Bertz CT molecular complexity index is 1510. The average molecular weight is 666 g/mol. The molecule has 4 aliphatic rings. The fourth-order valence-electron chi connectivity index (χ4n) is 9.55. The monoisotopic (exact) mass is 665 g/mol. The SMILES string of the molecule is CC[C@@H](NCc1nc2c(c(N[C@@H](CN3[C@@H]4CCC[C@@H]3CC(O)C4)c3ccccc3)n1)C[C@H](c1ccccc1)CC2)C1CCC(C(=O)O)CC1. The van der Waals surface area contributed by atoms with Crippen molar-refractivity contribution in [1.82, 2.24) is 20.2 Å². The van der Waals surface area contributed by atoms with Gasteiger partial charge in [0.25, 0.3) is 0 Å². The number of fused-ring (bicyclic) bond motifs is 3. The number of nitrogens with one attached hydrogen (secondary N) is 2. The van der Waals surface area contributed by atoms with Gasteiger partial charge in [-0.15, -0.1) is 0 Å². The van der Waals surface area contributed by atoms with Crippen molar-refractivity contribution in [2.24, 2.45) is 11.8 Å². The Balaban J connectivity index is 1.16. The molecule has 3 aromatic rings. The summed E-state index contributed by atoms with van der Waals surface area (Å²) in [5.74, 6) is 1.87. The molecule has 262 valence electrons. The van der Waals surface area contributed by atoms with Crippen LogP contribution in [-0.4, -0.2) is 61.8 Å². The second-order valence-corrected chi connectivity index (χ2v) is 15.3. The van der Waals surface area contributed by atoms with Crippen LogP contribution in [0, 0.1) is 11.8 Å². The molecule has 2 aromatic carbocycles. The molecule has 7 rings (SSSR count). The minimum absolute atomic E-state index is 0.0595. The van der Waals surface area contributed by atoms with Crippen molar-refractivity contribution in [2.45, 2.75) is 133 Å². The molecule has 0 unspecified atom stereocenters. The topological polar surface area (TPSA) is 111 Å². The van der Waals surface area contributed by atoms with Gasteiger partial charge in [0.05, 0.1) is 24.6 Å². The predicted molar refractivity (Wildman–Crippen MR) is 193 cm³/mol. The van der Waals surface area contributed by atoms with Crippen LogP contribution in [0.1, 0.15) is 118 Å². The van der Waals surface area contributed by atoms with Crippen LogP contribution in [0.4, 0.5) is 5.82 Å². The quantitative estimate of drug-likeness (QED) is 0.163. The van der Waals surface area contributed by atoms with E-state index in [1.807, 2.05) is 0 Å².